The summed E-state index contributed by atoms with van der Waals surface area (Å²) in [7, 11) is 1.65. The Hall–Kier alpha value is -4.46. The van der Waals surface area contributed by atoms with E-state index in [0.717, 1.165) is 39.5 Å². The first kappa shape index (κ1) is 22.3. The second-order valence-electron chi connectivity index (χ2n) is 8.36. The van der Waals surface area contributed by atoms with E-state index >= 15 is 0 Å². The van der Waals surface area contributed by atoms with E-state index in [9.17, 15) is 0 Å². The van der Waals surface area contributed by atoms with E-state index in [1.165, 1.54) is 5.56 Å². The largest absolute Gasteiger partial charge is 0.497 e. The maximum Gasteiger partial charge on any atom is 0.162 e. The van der Waals surface area contributed by atoms with Crippen LogP contribution in [-0.4, -0.2) is 37.7 Å². The van der Waals surface area contributed by atoms with Crippen LogP contribution < -0.4 is 4.74 Å². The van der Waals surface area contributed by atoms with Crippen LogP contribution >= 0.6 is 0 Å². The second-order valence-corrected chi connectivity index (χ2v) is 8.36. The number of aryl methyl sites for hydroxylation is 2. The molecule has 0 fully saturated rings. The zero-order valence-corrected chi connectivity index (χ0v) is 19.9. The van der Waals surface area contributed by atoms with E-state index in [0.29, 0.717) is 12.2 Å². The van der Waals surface area contributed by atoms with E-state index in [4.69, 9.17) is 14.6 Å². The first-order chi connectivity index (χ1) is 17.1. The van der Waals surface area contributed by atoms with Crippen molar-refractivity contribution in [1.82, 2.24) is 24.4 Å². The van der Waals surface area contributed by atoms with Gasteiger partial charge in [-0.3, -0.25) is 4.40 Å². The standard InChI is InChI=1S/C27H26N6O2/c1-19-6-10-22(11-7-19)26-25(33-14-4-5-20(2)27(33)29-26)15-28-35-18-23-17-32(31-30-23)16-21-8-12-24(34-3)13-9-21/h4-15,17H,16,18H2,1-3H3/b28-15+. The molecule has 8 heteroatoms. The van der Waals surface area contributed by atoms with E-state index in [-0.39, 0.29) is 6.61 Å². The Morgan fingerprint density at radius 1 is 1.00 bits per heavy atom. The highest BCUT2D eigenvalue weighted by Crippen LogP contribution is 2.25. The van der Waals surface area contributed by atoms with Crippen molar-refractivity contribution in [1.29, 1.82) is 0 Å². The van der Waals surface area contributed by atoms with Gasteiger partial charge in [0.15, 0.2) is 6.61 Å². The fourth-order valence-corrected chi connectivity index (χ4v) is 3.86. The first-order valence-corrected chi connectivity index (χ1v) is 11.3. The lowest BCUT2D eigenvalue weighted by atomic mass is 10.1. The van der Waals surface area contributed by atoms with Gasteiger partial charge < -0.3 is 9.57 Å². The number of aromatic nitrogens is 5. The molecule has 3 heterocycles. The quantitative estimate of drug-likeness (QED) is 0.242. The third kappa shape index (κ3) is 4.91. The smallest absolute Gasteiger partial charge is 0.162 e. The third-order valence-corrected chi connectivity index (χ3v) is 5.76. The van der Waals surface area contributed by atoms with Crippen LogP contribution in [0.15, 0.2) is 78.2 Å². The first-order valence-electron chi connectivity index (χ1n) is 11.3. The van der Waals surface area contributed by atoms with Gasteiger partial charge >= 0.3 is 0 Å². The lowest BCUT2D eigenvalue weighted by molar-refractivity contribution is 0.129. The highest BCUT2D eigenvalue weighted by molar-refractivity contribution is 5.89. The van der Waals surface area contributed by atoms with E-state index in [1.807, 2.05) is 60.1 Å². The summed E-state index contributed by atoms with van der Waals surface area (Å²) in [5.74, 6) is 0.825. The molecule has 0 saturated carbocycles. The zero-order valence-electron chi connectivity index (χ0n) is 19.9. The minimum Gasteiger partial charge on any atom is -0.497 e. The van der Waals surface area contributed by atoms with E-state index in [1.54, 1.807) is 18.0 Å². The molecule has 0 aliphatic rings. The number of fused-ring (bicyclic) bond motifs is 1. The van der Waals surface area contributed by atoms with Crippen molar-refractivity contribution in [2.24, 2.45) is 5.16 Å². The summed E-state index contributed by atoms with van der Waals surface area (Å²) in [5, 5.41) is 12.6. The number of benzene rings is 2. The van der Waals surface area contributed by atoms with Crippen LogP contribution in [0.5, 0.6) is 5.75 Å². The molecule has 0 spiro atoms. The Kier molecular flexibility index (Phi) is 6.26. The predicted octanol–water partition coefficient (Wildman–Crippen LogP) is 4.82. The van der Waals surface area contributed by atoms with Gasteiger partial charge in [-0.1, -0.05) is 58.4 Å². The molecule has 0 aliphatic carbocycles. The Bertz CT molecular complexity index is 1470. The maximum absolute atomic E-state index is 5.57. The van der Waals surface area contributed by atoms with Crippen molar-refractivity contribution in [3.63, 3.8) is 0 Å². The van der Waals surface area contributed by atoms with Gasteiger partial charge in [0.05, 0.1) is 37.5 Å². The van der Waals surface area contributed by atoms with Crippen molar-refractivity contribution in [2.75, 3.05) is 7.11 Å². The van der Waals surface area contributed by atoms with Gasteiger partial charge in [0.2, 0.25) is 0 Å². The van der Waals surface area contributed by atoms with Gasteiger partial charge in [0.25, 0.3) is 0 Å². The molecule has 35 heavy (non-hydrogen) atoms. The lowest BCUT2D eigenvalue weighted by Gasteiger charge is -2.03. The van der Waals surface area contributed by atoms with Crippen molar-refractivity contribution >= 4 is 11.9 Å². The number of ether oxygens (including phenoxy) is 1. The fraction of sp³-hybridized carbons (Fsp3) is 0.185. The Labute approximate surface area is 203 Å². The predicted molar refractivity (Wildman–Crippen MR) is 135 cm³/mol. The monoisotopic (exact) mass is 466 g/mol. The summed E-state index contributed by atoms with van der Waals surface area (Å²) in [6.07, 6.45) is 5.55. The average Bonchev–Trinajstić information content (AvgIpc) is 3.48. The number of imidazole rings is 1. The topological polar surface area (TPSA) is 78.8 Å². The van der Waals surface area contributed by atoms with Gasteiger partial charge in [-0.25, -0.2) is 9.67 Å². The highest BCUT2D eigenvalue weighted by atomic mass is 16.6. The van der Waals surface area contributed by atoms with Crippen LogP contribution in [0.1, 0.15) is 28.1 Å². The molecule has 0 atom stereocenters. The van der Waals surface area contributed by atoms with Gasteiger partial charge in [0.1, 0.15) is 17.1 Å². The number of hydrogen-bond acceptors (Lipinski definition) is 6. The second kappa shape index (κ2) is 9.80. The van der Waals surface area contributed by atoms with Crippen LogP contribution in [0.4, 0.5) is 0 Å². The molecule has 0 bridgehead atoms. The van der Waals surface area contributed by atoms with Crippen LogP contribution in [-0.2, 0) is 18.0 Å². The molecule has 0 amide bonds. The summed E-state index contributed by atoms with van der Waals surface area (Å²) < 4.78 is 9.00. The van der Waals surface area contributed by atoms with Crippen LogP contribution in [0.25, 0.3) is 16.9 Å². The third-order valence-electron chi connectivity index (χ3n) is 5.76. The van der Waals surface area contributed by atoms with Crippen LogP contribution in [0.2, 0.25) is 0 Å². The molecule has 0 N–H and O–H groups in total. The summed E-state index contributed by atoms with van der Waals surface area (Å²) in [5.41, 5.74) is 7.73. The van der Waals surface area contributed by atoms with Crippen molar-refractivity contribution in [2.45, 2.75) is 27.0 Å². The molecular weight excluding hydrogens is 440 g/mol. The summed E-state index contributed by atoms with van der Waals surface area (Å²) >= 11 is 0. The Morgan fingerprint density at radius 2 is 1.80 bits per heavy atom. The van der Waals surface area contributed by atoms with Gasteiger partial charge in [0, 0.05) is 11.8 Å². The van der Waals surface area contributed by atoms with Gasteiger partial charge in [-0.2, -0.15) is 0 Å². The zero-order chi connectivity index (χ0) is 24.2. The molecular formula is C27H26N6O2. The summed E-state index contributed by atoms with van der Waals surface area (Å²) in [6, 6.07) is 20.2. The van der Waals surface area contributed by atoms with Gasteiger partial charge in [-0.05, 0) is 43.2 Å². The Balaban J connectivity index is 1.30. The highest BCUT2D eigenvalue weighted by Gasteiger charge is 2.14. The molecule has 5 aromatic rings. The number of pyridine rings is 1. The fourth-order valence-electron chi connectivity index (χ4n) is 3.86. The van der Waals surface area contributed by atoms with E-state index in [2.05, 4.69) is 46.7 Å². The molecule has 0 unspecified atom stereocenters. The van der Waals surface area contributed by atoms with Crippen LogP contribution in [0, 0.1) is 13.8 Å². The molecule has 176 valence electrons. The van der Waals surface area contributed by atoms with Gasteiger partial charge in [-0.15, -0.1) is 5.10 Å². The molecule has 5 rings (SSSR count). The number of methoxy groups -OCH3 is 1. The number of hydrogen-bond donors (Lipinski definition) is 0. The SMILES string of the molecule is COc1ccc(Cn2cc(CO/N=C/c3c(-c4ccc(C)cc4)nc4c(C)cccn34)nn2)cc1. The number of nitrogens with zero attached hydrogens (tertiary/aromatic N) is 6. The number of rotatable bonds is 8. The van der Waals surface area contributed by atoms with Crippen molar-refractivity contribution < 1.29 is 9.57 Å². The molecule has 3 aromatic heterocycles. The van der Waals surface area contributed by atoms with Crippen molar-refractivity contribution in [3.05, 3.63) is 101 Å². The minimum atomic E-state index is 0.217. The van der Waals surface area contributed by atoms with E-state index < -0.39 is 0 Å². The summed E-state index contributed by atoms with van der Waals surface area (Å²) in [6.45, 7) is 4.95. The van der Waals surface area contributed by atoms with Crippen molar-refractivity contribution in [3.8, 4) is 17.0 Å². The molecule has 8 nitrogen and oxygen atoms in total. The minimum absolute atomic E-state index is 0.217. The molecule has 0 saturated heterocycles. The maximum atomic E-state index is 5.57. The summed E-state index contributed by atoms with van der Waals surface area (Å²) in [4.78, 5) is 10.5. The molecule has 0 radical (unpaired) electrons. The molecule has 2 aromatic carbocycles. The number of oxime groups is 1. The lowest BCUT2D eigenvalue weighted by Crippen LogP contribution is -2.00. The average molecular weight is 467 g/mol. The van der Waals surface area contributed by atoms with Crippen LogP contribution in [0.3, 0.4) is 0 Å². The Morgan fingerprint density at radius 3 is 2.57 bits per heavy atom. The normalized spacial score (nSPS) is 11.4. The molecule has 0 aliphatic heterocycles.